The molecule has 0 saturated heterocycles. The van der Waals surface area contributed by atoms with Crippen molar-refractivity contribution in [2.45, 2.75) is 32.6 Å². The second-order valence-electron chi connectivity index (χ2n) is 7.80. The van der Waals surface area contributed by atoms with Gasteiger partial charge in [0.25, 0.3) is 5.91 Å². The van der Waals surface area contributed by atoms with Crippen LogP contribution in [0, 0.1) is 5.92 Å². The van der Waals surface area contributed by atoms with Gasteiger partial charge < -0.3 is 24.9 Å². The van der Waals surface area contributed by atoms with Gasteiger partial charge >= 0.3 is 0 Å². The normalized spacial score (nSPS) is 14.4. The number of carbonyl (C=O) groups excluding carboxylic acids is 2. The van der Waals surface area contributed by atoms with Crippen LogP contribution in [0.5, 0.6) is 5.75 Å². The van der Waals surface area contributed by atoms with Crippen LogP contribution in [-0.4, -0.2) is 32.5 Å². The summed E-state index contributed by atoms with van der Waals surface area (Å²) < 4.78 is 9.50. The molecule has 1 aromatic carbocycles. The Bertz CT molecular complexity index is 1120. The number of ether oxygens (including phenoxy) is 1. The van der Waals surface area contributed by atoms with E-state index in [0.717, 1.165) is 42.4 Å². The highest BCUT2D eigenvalue weighted by Gasteiger charge is 2.25. The van der Waals surface area contributed by atoms with Gasteiger partial charge in [0.15, 0.2) is 11.6 Å². The Morgan fingerprint density at radius 2 is 2.00 bits per heavy atom. The van der Waals surface area contributed by atoms with Gasteiger partial charge in [-0.05, 0) is 38.0 Å². The van der Waals surface area contributed by atoms with Crippen molar-refractivity contribution in [3.8, 4) is 17.3 Å². The molecule has 158 valence electrons. The van der Waals surface area contributed by atoms with Crippen molar-refractivity contribution >= 4 is 28.5 Å². The van der Waals surface area contributed by atoms with E-state index in [4.69, 9.17) is 15.5 Å². The van der Waals surface area contributed by atoms with E-state index in [1.54, 1.807) is 10.8 Å². The molecular formula is C22H27N5O3. The van der Waals surface area contributed by atoms with Crippen LogP contribution in [0.3, 0.4) is 0 Å². The number of primary amides is 1. The molecule has 3 N–H and O–H groups in total. The van der Waals surface area contributed by atoms with Gasteiger partial charge in [-0.3, -0.25) is 9.59 Å². The Kier molecular flexibility index (Phi) is 5.24. The fourth-order valence-electron chi connectivity index (χ4n) is 4.25. The standard InChI is InChI=1S/C22H27N5O3/c1-4-30-19-15(20(23)28)12-26(2)18(19)21-25-16-11-14(9-10-17(16)27(21)3)24-22(29)13-7-5-6-8-13/h9-13H,4-8H2,1-3H3,(H2,23,28)(H,24,29). The van der Waals surface area contributed by atoms with Crippen LogP contribution in [0.15, 0.2) is 24.4 Å². The van der Waals surface area contributed by atoms with E-state index in [1.807, 2.05) is 43.8 Å². The van der Waals surface area contributed by atoms with Crippen molar-refractivity contribution in [3.63, 3.8) is 0 Å². The summed E-state index contributed by atoms with van der Waals surface area (Å²) in [7, 11) is 3.74. The molecular weight excluding hydrogens is 382 g/mol. The molecule has 8 heteroatoms. The average molecular weight is 409 g/mol. The first-order valence-corrected chi connectivity index (χ1v) is 10.3. The summed E-state index contributed by atoms with van der Waals surface area (Å²) in [6.07, 6.45) is 5.81. The number of carbonyl (C=O) groups is 2. The summed E-state index contributed by atoms with van der Waals surface area (Å²) in [5.41, 5.74) is 8.94. The Morgan fingerprint density at radius 1 is 1.27 bits per heavy atom. The van der Waals surface area contributed by atoms with E-state index < -0.39 is 5.91 Å². The molecule has 2 aromatic heterocycles. The van der Waals surface area contributed by atoms with Crippen molar-refractivity contribution in [2.75, 3.05) is 11.9 Å². The van der Waals surface area contributed by atoms with Crippen LogP contribution in [0.2, 0.25) is 0 Å². The second kappa shape index (κ2) is 7.85. The SMILES string of the molecule is CCOc1c(C(N)=O)cn(C)c1-c1nc2cc(NC(=O)C3CCCC3)ccc2n1C. The Hall–Kier alpha value is -3.29. The zero-order chi connectivity index (χ0) is 21.4. The van der Waals surface area contributed by atoms with Gasteiger partial charge in [0.1, 0.15) is 5.69 Å². The van der Waals surface area contributed by atoms with Gasteiger partial charge in [0, 0.05) is 31.9 Å². The predicted molar refractivity (Wildman–Crippen MR) is 115 cm³/mol. The number of rotatable bonds is 6. The van der Waals surface area contributed by atoms with Crippen LogP contribution in [0.1, 0.15) is 43.0 Å². The van der Waals surface area contributed by atoms with E-state index in [-0.39, 0.29) is 11.8 Å². The first kappa shape index (κ1) is 20.0. The number of nitrogens with one attached hydrogen (secondary N) is 1. The zero-order valence-electron chi connectivity index (χ0n) is 17.6. The van der Waals surface area contributed by atoms with Crippen molar-refractivity contribution < 1.29 is 14.3 Å². The molecule has 1 saturated carbocycles. The number of nitrogens with two attached hydrogens (primary N) is 1. The number of hydrogen-bond donors (Lipinski definition) is 2. The Labute approximate surface area is 175 Å². The first-order chi connectivity index (χ1) is 14.4. The lowest BCUT2D eigenvalue weighted by molar-refractivity contribution is -0.119. The van der Waals surface area contributed by atoms with E-state index in [2.05, 4.69) is 5.32 Å². The van der Waals surface area contributed by atoms with Crippen molar-refractivity contribution in [1.29, 1.82) is 0 Å². The van der Waals surface area contributed by atoms with E-state index in [0.29, 0.717) is 29.4 Å². The number of aromatic nitrogens is 3. The highest BCUT2D eigenvalue weighted by Crippen LogP contribution is 2.36. The second-order valence-corrected chi connectivity index (χ2v) is 7.80. The number of imidazole rings is 1. The highest BCUT2D eigenvalue weighted by atomic mass is 16.5. The molecule has 4 rings (SSSR count). The predicted octanol–water partition coefficient (Wildman–Crippen LogP) is 3.21. The molecule has 0 aliphatic heterocycles. The fraction of sp³-hybridized carbons (Fsp3) is 0.409. The summed E-state index contributed by atoms with van der Waals surface area (Å²) in [4.78, 5) is 29.1. The summed E-state index contributed by atoms with van der Waals surface area (Å²) in [6.45, 7) is 2.26. The molecule has 2 heterocycles. The van der Waals surface area contributed by atoms with Gasteiger partial charge in [-0.1, -0.05) is 12.8 Å². The van der Waals surface area contributed by atoms with Crippen LogP contribution < -0.4 is 15.8 Å². The zero-order valence-corrected chi connectivity index (χ0v) is 17.6. The molecule has 0 bridgehead atoms. The summed E-state index contributed by atoms with van der Waals surface area (Å²) >= 11 is 0. The number of hydrogen-bond acceptors (Lipinski definition) is 4. The van der Waals surface area contributed by atoms with E-state index in [1.165, 1.54) is 0 Å². The van der Waals surface area contributed by atoms with Crippen LogP contribution in [0.4, 0.5) is 5.69 Å². The number of nitrogens with zero attached hydrogens (tertiary/aromatic N) is 3. The maximum Gasteiger partial charge on any atom is 0.254 e. The third-order valence-corrected chi connectivity index (χ3v) is 5.78. The molecule has 0 unspecified atom stereocenters. The molecule has 0 spiro atoms. The number of amides is 2. The van der Waals surface area contributed by atoms with Crippen molar-refractivity contribution in [1.82, 2.24) is 14.1 Å². The molecule has 30 heavy (non-hydrogen) atoms. The minimum absolute atomic E-state index is 0.0789. The van der Waals surface area contributed by atoms with Gasteiger partial charge in [-0.25, -0.2) is 4.98 Å². The quantitative estimate of drug-likeness (QED) is 0.652. The Morgan fingerprint density at radius 3 is 2.67 bits per heavy atom. The third-order valence-electron chi connectivity index (χ3n) is 5.78. The first-order valence-electron chi connectivity index (χ1n) is 10.3. The topological polar surface area (TPSA) is 104 Å². The molecule has 1 fully saturated rings. The maximum atomic E-state index is 12.5. The van der Waals surface area contributed by atoms with Gasteiger partial charge in [0.05, 0.1) is 23.2 Å². The lowest BCUT2D eigenvalue weighted by Crippen LogP contribution is -2.20. The molecule has 1 aliphatic rings. The van der Waals surface area contributed by atoms with Crippen LogP contribution in [-0.2, 0) is 18.9 Å². The maximum absolute atomic E-state index is 12.5. The van der Waals surface area contributed by atoms with Gasteiger partial charge in [0.2, 0.25) is 5.91 Å². The van der Waals surface area contributed by atoms with Crippen molar-refractivity contribution in [3.05, 3.63) is 30.0 Å². The van der Waals surface area contributed by atoms with Crippen molar-refractivity contribution in [2.24, 2.45) is 25.7 Å². The summed E-state index contributed by atoms with van der Waals surface area (Å²) in [6, 6.07) is 5.71. The van der Waals surface area contributed by atoms with Crippen LogP contribution >= 0.6 is 0 Å². The molecule has 1 aliphatic carbocycles. The molecule has 8 nitrogen and oxygen atoms in total. The minimum atomic E-state index is -0.545. The van der Waals surface area contributed by atoms with E-state index >= 15 is 0 Å². The molecule has 3 aromatic rings. The minimum Gasteiger partial charge on any atom is -0.491 e. The molecule has 0 radical (unpaired) electrons. The smallest absolute Gasteiger partial charge is 0.254 e. The van der Waals surface area contributed by atoms with Crippen LogP contribution in [0.25, 0.3) is 22.6 Å². The largest absolute Gasteiger partial charge is 0.491 e. The Balaban J connectivity index is 1.73. The summed E-state index contributed by atoms with van der Waals surface area (Å²) in [5, 5.41) is 3.03. The van der Waals surface area contributed by atoms with E-state index in [9.17, 15) is 9.59 Å². The lowest BCUT2D eigenvalue weighted by atomic mass is 10.1. The monoisotopic (exact) mass is 409 g/mol. The average Bonchev–Trinajstić information content (AvgIpc) is 3.41. The molecule has 0 atom stereocenters. The fourth-order valence-corrected chi connectivity index (χ4v) is 4.25. The number of benzene rings is 1. The third kappa shape index (κ3) is 3.42. The number of aryl methyl sites for hydroxylation is 2. The number of anilines is 1. The number of fused-ring (bicyclic) bond motifs is 1. The molecule has 2 amide bonds. The highest BCUT2D eigenvalue weighted by molar-refractivity contribution is 5.99. The summed E-state index contributed by atoms with van der Waals surface area (Å²) in [5.74, 6) is 0.721. The lowest BCUT2D eigenvalue weighted by Gasteiger charge is -2.10. The van der Waals surface area contributed by atoms with Gasteiger partial charge in [-0.15, -0.1) is 0 Å². The van der Waals surface area contributed by atoms with Gasteiger partial charge in [-0.2, -0.15) is 0 Å².